The minimum Gasteiger partial charge on any atom is -0.495 e. The molecule has 0 unspecified atom stereocenters. The number of hydrogen-bond acceptors (Lipinski definition) is 9. The summed E-state index contributed by atoms with van der Waals surface area (Å²) in [4.78, 5) is 25.9. The van der Waals surface area contributed by atoms with Gasteiger partial charge in [0.05, 0.1) is 33.3 Å². The van der Waals surface area contributed by atoms with Crippen LogP contribution in [0.5, 0.6) is 5.75 Å². The van der Waals surface area contributed by atoms with Crippen molar-refractivity contribution in [2.24, 2.45) is 0 Å². The van der Waals surface area contributed by atoms with Crippen molar-refractivity contribution in [1.82, 2.24) is 19.7 Å². The Morgan fingerprint density at radius 3 is 2.59 bits per heavy atom. The minimum absolute atomic E-state index is 0.133. The number of carbonyl (C=O) groups is 1. The minimum atomic E-state index is -3.61. The van der Waals surface area contributed by atoms with Gasteiger partial charge in [-0.15, -0.1) is 0 Å². The lowest BCUT2D eigenvalue weighted by molar-refractivity contribution is -0.114. The molecule has 0 aliphatic heterocycles. The highest BCUT2D eigenvalue weighted by molar-refractivity contribution is 7.89. The molecule has 192 valence electrons. The van der Waals surface area contributed by atoms with Crippen LogP contribution in [0.1, 0.15) is 6.92 Å². The summed E-state index contributed by atoms with van der Waals surface area (Å²) in [6.45, 7) is 1.80. The fourth-order valence-electron chi connectivity index (χ4n) is 3.31. The van der Waals surface area contributed by atoms with Crippen molar-refractivity contribution in [2.45, 2.75) is 11.8 Å². The molecule has 0 spiro atoms. The highest BCUT2D eigenvalue weighted by atomic mass is 35.5. The van der Waals surface area contributed by atoms with Crippen LogP contribution < -0.4 is 20.1 Å². The van der Waals surface area contributed by atoms with Crippen LogP contribution in [0.25, 0.3) is 21.8 Å². The first-order chi connectivity index (χ1) is 17.8. The third kappa shape index (κ3) is 6.60. The monoisotopic (exact) mass is 558 g/mol. The molecule has 4 rings (SSSR count). The van der Waals surface area contributed by atoms with E-state index in [0.29, 0.717) is 38.1 Å². The summed E-state index contributed by atoms with van der Waals surface area (Å²) in [6, 6.07) is 15.1. The Kier molecular flexibility index (Phi) is 8.34. The van der Waals surface area contributed by atoms with E-state index in [1.165, 1.54) is 37.5 Å². The van der Waals surface area contributed by atoms with Crippen molar-refractivity contribution in [2.75, 3.05) is 30.8 Å². The standard InChI is InChI=1S/C24H23ClN6O4S2/c1-15(32)29-24-31-21(16-8-9-18(25)20(14-16)35-2)22(36-24)19-10-11-26-23(30-19)27-12-13-28-37(33,34)17-6-4-3-5-7-17/h3-11,14,28H,12-13H2,1-2H3,(H,26,27,30)(H,29,31,32). The number of thiazole rings is 1. The second kappa shape index (κ2) is 11.6. The first-order valence-electron chi connectivity index (χ1n) is 11.0. The van der Waals surface area contributed by atoms with Crippen LogP contribution >= 0.6 is 22.9 Å². The molecular formula is C24H23ClN6O4S2. The van der Waals surface area contributed by atoms with Gasteiger partial charge in [-0.2, -0.15) is 0 Å². The zero-order valence-electron chi connectivity index (χ0n) is 19.9. The van der Waals surface area contributed by atoms with Crippen LogP contribution in [0, 0.1) is 0 Å². The maximum absolute atomic E-state index is 12.4. The van der Waals surface area contributed by atoms with E-state index in [0.717, 1.165) is 5.56 Å². The highest BCUT2D eigenvalue weighted by Gasteiger charge is 2.19. The first kappa shape index (κ1) is 26.5. The Morgan fingerprint density at radius 1 is 1.08 bits per heavy atom. The second-order valence-corrected chi connectivity index (χ2v) is 10.8. The predicted octanol–water partition coefficient (Wildman–Crippen LogP) is 4.28. The van der Waals surface area contributed by atoms with Gasteiger partial charge in [0, 0.05) is 31.8 Å². The van der Waals surface area contributed by atoms with Gasteiger partial charge in [0.1, 0.15) is 5.75 Å². The van der Waals surface area contributed by atoms with Crippen LogP contribution in [0.15, 0.2) is 65.7 Å². The second-order valence-electron chi connectivity index (χ2n) is 7.63. The molecule has 0 radical (unpaired) electrons. The number of rotatable bonds is 10. The fraction of sp³-hybridized carbons (Fsp3) is 0.167. The van der Waals surface area contributed by atoms with Crippen LogP contribution in [0.4, 0.5) is 11.1 Å². The lowest BCUT2D eigenvalue weighted by Crippen LogP contribution is -2.29. The number of halogens is 1. The molecule has 2 heterocycles. The van der Waals surface area contributed by atoms with Crippen molar-refractivity contribution >= 4 is 49.9 Å². The average Bonchev–Trinajstić information content (AvgIpc) is 3.31. The molecule has 37 heavy (non-hydrogen) atoms. The fourth-order valence-corrected chi connectivity index (χ4v) is 5.56. The normalized spacial score (nSPS) is 11.2. The van der Waals surface area contributed by atoms with Crippen LogP contribution in [-0.2, 0) is 14.8 Å². The van der Waals surface area contributed by atoms with E-state index < -0.39 is 10.0 Å². The maximum atomic E-state index is 12.4. The molecule has 4 aromatic rings. The molecule has 10 nitrogen and oxygen atoms in total. The molecule has 0 atom stereocenters. The lowest BCUT2D eigenvalue weighted by Gasteiger charge is -2.09. The molecule has 0 saturated heterocycles. The third-order valence-corrected chi connectivity index (χ3v) is 7.76. The zero-order chi connectivity index (χ0) is 26.4. The van der Waals surface area contributed by atoms with Crippen LogP contribution in [-0.4, -0.2) is 49.5 Å². The average molecular weight is 559 g/mol. The smallest absolute Gasteiger partial charge is 0.240 e. The Morgan fingerprint density at radius 2 is 1.86 bits per heavy atom. The number of sulfonamides is 1. The van der Waals surface area contributed by atoms with Gasteiger partial charge in [-0.05, 0) is 30.3 Å². The van der Waals surface area contributed by atoms with E-state index >= 15 is 0 Å². The molecule has 2 aromatic heterocycles. The largest absolute Gasteiger partial charge is 0.495 e. The Labute approximate surface area is 223 Å². The van der Waals surface area contributed by atoms with Gasteiger partial charge in [-0.3, -0.25) is 4.79 Å². The van der Waals surface area contributed by atoms with Crippen molar-refractivity contribution < 1.29 is 17.9 Å². The van der Waals surface area contributed by atoms with E-state index in [-0.39, 0.29) is 23.9 Å². The van der Waals surface area contributed by atoms with Crippen LogP contribution in [0.2, 0.25) is 5.02 Å². The Bertz CT molecular complexity index is 1510. The molecule has 1 amide bonds. The van der Waals surface area contributed by atoms with Crippen molar-refractivity contribution in [3.63, 3.8) is 0 Å². The van der Waals surface area contributed by atoms with E-state index in [1.54, 1.807) is 48.7 Å². The van der Waals surface area contributed by atoms with Gasteiger partial charge in [0.25, 0.3) is 0 Å². The topological polar surface area (TPSA) is 135 Å². The predicted molar refractivity (Wildman–Crippen MR) is 145 cm³/mol. The molecule has 2 aromatic carbocycles. The number of ether oxygens (including phenoxy) is 1. The highest BCUT2D eigenvalue weighted by Crippen LogP contribution is 2.40. The number of nitrogens with one attached hydrogen (secondary N) is 3. The Hall–Kier alpha value is -3.58. The SMILES string of the molecule is COc1cc(-c2nc(NC(C)=O)sc2-c2ccnc(NCCNS(=O)(=O)c3ccccc3)n2)ccc1Cl. The molecular weight excluding hydrogens is 536 g/mol. The molecule has 0 saturated carbocycles. The molecule has 13 heteroatoms. The third-order valence-electron chi connectivity index (χ3n) is 4.98. The summed E-state index contributed by atoms with van der Waals surface area (Å²) >= 11 is 7.45. The number of carbonyl (C=O) groups excluding carboxylic acids is 1. The molecule has 0 bridgehead atoms. The van der Waals surface area contributed by atoms with Crippen molar-refractivity contribution in [3.05, 3.63) is 65.8 Å². The maximum Gasteiger partial charge on any atom is 0.240 e. The van der Waals surface area contributed by atoms with Crippen molar-refractivity contribution in [3.8, 4) is 27.6 Å². The number of methoxy groups -OCH3 is 1. The van der Waals surface area contributed by atoms with Gasteiger partial charge in [-0.25, -0.2) is 28.1 Å². The first-order valence-corrected chi connectivity index (χ1v) is 13.7. The van der Waals surface area contributed by atoms with Gasteiger partial charge < -0.3 is 15.4 Å². The summed E-state index contributed by atoms with van der Waals surface area (Å²) in [5.41, 5.74) is 1.89. The van der Waals surface area contributed by atoms with Gasteiger partial charge >= 0.3 is 0 Å². The number of amides is 1. The lowest BCUT2D eigenvalue weighted by atomic mass is 10.1. The van der Waals surface area contributed by atoms with E-state index in [9.17, 15) is 13.2 Å². The summed E-state index contributed by atoms with van der Waals surface area (Å²) in [7, 11) is -2.08. The number of nitrogens with zero attached hydrogens (tertiary/aromatic N) is 3. The van der Waals surface area contributed by atoms with E-state index in [4.69, 9.17) is 16.3 Å². The van der Waals surface area contributed by atoms with E-state index in [1.807, 2.05) is 0 Å². The summed E-state index contributed by atoms with van der Waals surface area (Å²) in [5.74, 6) is 0.552. The van der Waals surface area contributed by atoms with Gasteiger partial charge in [0.15, 0.2) is 5.13 Å². The number of aromatic nitrogens is 3. The quantitative estimate of drug-likeness (QED) is 0.245. The molecule has 0 aliphatic carbocycles. The zero-order valence-corrected chi connectivity index (χ0v) is 22.2. The summed E-state index contributed by atoms with van der Waals surface area (Å²) in [5, 5.41) is 6.62. The summed E-state index contributed by atoms with van der Waals surface area (Å²) in [6.07, 6.45) is 1.59. The van der Waals surface area contributed by atoms with Gasteiger partial charge in [0.2, 0.25) is 21.9 Å². The summed E-state index contributed by atoms with van der Waals surface area (Å²) < 4.78 is 32.6. The van der Waals surface area contributed by atoms with Crippen molar-refractivity contribution in [1.29, 1.82) is 0 Å². The molecule has 0 fully saturated rings. The molecule has 3 N–H and O–H groups in total. The van der Waals surface area contributed by atoms with Gasteiger partial charge in [-0.1, -0.05) is 47.2 Å². The number of hydrogen-bond donors (Lipinski definition) is 3. The number of benzene rings is 2. The van der Waals surface area contributed by atoms with Crippen LogP contribution in [0.3, 0.4) is 0 Å². The Balaban J connectivity index is 1.54. The van der Waals surface area contributed by atoms with E-state index in [2.05, 4.69) is 30.3 Å². The number of anilines is 2. The molecule has 0 aliphatic rings.